The van der Waals surface area contributed by atoms with Crippen molar-refractivity contribution in [1.82, 2.24) is 10.6 Å². The molecule has 0 unspecified atom stereocenters. The van der Waals surface area contributed by atoms with Crippen LogP contribution in [0, 0.1) is 0 Å². The minimum Gasteiger partial charge on any atom is -0.394 e. The second-order valence-electron chi connectivity index (χ2n) is 2.68. The Morgan fingerprint density at radius 2 is 1.77 bits per heavy atom. The summed E-state index contributed by atoms with van der Waals surface area (Å²) in [6.07, 6.45) is 0. The van der Waals surface area contributed by atoms with Crippen molar-refractivity contribution in [3.8, 4) is 5.75 Å². The van der Waals surface area contributed by atoms with Crippen LogP contribution in [0.3, 0.4) is 0 Å². The van der Waals surface area contributed by atoms with E-state index in [2.05, 4.69) is 19.4 Å². The lowest BCUT2D eigenvalue weighted by atomic mass is 10.3. The number of para-hydroxylation sites is 1. The summed E-state index contributed by atoms with van der Waals surface area (Å²) in [7, 11) is 0. The molecule has 3 nitrogen and oxygen atoms in total. The maximum absolute atomic E-state index is 5.33. The summed E-state index contributed by atoms with van der Waals surface area (Å²) in [5.74, 6) is 0.828. The van der Waals surface area contributed by atoms with Gasteiger partial charge in [-0.15, -0.1) is 0 Å². The van der Waals surface area contributed by atoms with Gasteiger partial charge in [0.05, 0.1) is 0 Å². The van der Waals surface area contributed by atoms with E-state index in [9.17, 15) is 0 Å². The van der Waals surface area contributed by atoms with E-state index in [-0.39, 0.29) is 0 Å². The molecule has 0 aromatic heterocycles. The maximum atomic E-state index is 5.33. The Morgan fingerprint density at radius 3 is 2.31 bits per heavy atom. The van der Waals surface area contributed by atoms with E-state index in [1.54, 1.807) is 0 Å². The zero-order chi connectivity index (χ0) is 9.52. The number of benzene rings is 1. The first-order valence-electron chi connectivity index (χ1n) is 4.59. The first-order valence-corrected chi connectivity index (χ1v) is 4.59. The van der Waals surface area contributed by atoms with Gasteiger partial charge in [0.1, 0.15) is 5.75 Å². The second-order valence-corrected chi connectivity index (χ2v) is 2.68. The first-order chi connectivity index (χ1) is 6.36. The van der Waals surface area contributed by atoms with Crippen LogP contribution in [0.25, 0.3) is 0 Å². The number of hydrazine groups is 1. The number of nitrogens with one attached hydrogen (secondary N) is 1. The number of nitrogens with zero attached hydrogens (tertiary/aromatic N) is 1. The van der Waals surface area contributed by atoms with E-state index in [1.807, 2.05) is 35.3 Å². The highest BCUT2D eigenvalue weighted by Crippen LogP contribution is 2.06. The molecule has 72 valence electrons. The molecule has 0 bridgehead atoms. The van der Waals surface area contributed by atoms with Gasteiger partial charge in [0.25, 0.3) is 0 Å². The molecular formula is C10H16N2O. The van der Waals surface area contributed by atoms with E-state index in [4.69, 9.17) is 4.84 Å². The summed E-state index contributed by atoms with van der Waals surface area (Å²) < 4.78 is 0. The third kappa shape index (κ3) is 3.44. The fraction of sp³-hybridized carbons (Fsp3) is 0.400. The second kappa shape index (κ2) is 5.56. The van der Waals surface area contributed by atoms with Gasteiger partial charge in [-0.3, -0.25) is 0 Å². The summed E-state index contributed by atoms with van der Waals surface area (Å²) in [6.45, 7) is 5.99. The Labute approximate surface area is 79.2 Å². The molecule has 1 N–H and O–H groups in total. The standard InChI is InChI=1S/C10H16N2O/c1-3-12(4-2)11-13-10-8-6-5-7-9-10/h5-9,11H,3-4H2,1-2H3. The van der Waals surface area contributed by atoms with Crippen molar-refractivity contribution in [3.05, 3.63) is 30.3 Å². The van der Waals surface area contributed by atoms with Gasteiger partial charge >= 0.3 is 0 Å². The Kier molecular flexibility index (Phi) is 4.29. The molecule has 0 fully saturated rings. The highest BCUT2D eigenvalue weighted by Gasteiger charge is 1.97. The van der Waals surface area contributed by atoms with Crippen molar-refractivity contribution in [2.24, 2.45) is 0 Å². The fourth-order valence-electron chi connectivity index (χ4n) is 0.958. The monoisotopic (exact) mass is 180 g/mol. The quantitative estimate of drug-likeness (QED) is 0.700. The molecule has 0 aliphatic carbocycles. The van der Waals surface area contributed by atoms with Crippen LogP contribution < -0.4 is 10.4 Å². The number of rotatable bonds is 5. The van der Waals surface area contributed by atoms with Crippen molar-refractivity contribution < 1.29 is 4.84 Å². The Morgan fingerprint density at radius 1 is 1.15 bits per heavy atom. The molecule has 0 spiro atoms. The predicted octanol–water partition coefficient (Wildman–Crippen LogP) is 1.83. The zero-order valence-electron chi connectivity index (χ0n) is 8.16. The number of hydrogen-bond acceptors (Lipinski definition) is 3. The molecule has 3 heteroatoms. The van der Waals surface area contributed by atoms with Crippen molar-refractivity contribution in [2.75, 3.05) is 13.1 Å². The van der Waals surface area contributed by atoms with Gasteiger partial charge in [-0.1, -0.05) is 37.6 Å². The van der Waals surface area contributed by atoms with Crippen molar-refractivity contribution in [2.45, 2.75) is 13.8 Å². The van der Waals surface area contributed by atoms with Crippen molar-refractivity contribution in [1.29, 1.82) is 0 Å². The Bertz CT molecular complexity index is 222. The lowest BCUT2D eigenvalue weighted by Gasteiger charge is -2.18. The van der Waals surface area contributed by atoms with Gasteiger partial charge in [0, 0.05) is 13.1 Å². The summed E-state index contributed by atoms with van der Waals surface area (Å²) in [4.78, 5) is 5.33. The van der Waals surface area contributed by atoms with Crippen LogP contribution in [0.5, 0.6) is 5.75 Å². The maximum Gasteiger partial charge on any atom is 0.149 e. The van der Waals surface area contributed by atoms with Gasteiger partial charge < -0.3 is 4.84 Å². The fourth-order valence-corrected chi connectivity index (χ4v) is 0.958. The molecule has 1 aromatic rings. The van der Waals surface area contributed by atoms with E-state index in [0.717, 1.165) is 18.8 Å². The molecule has 0 aliphatic rings. The molecule has 0 aliphatic heterocycles. The molecule has 0 saturated carbocycles. The molecule has 1 rings (SSSR count). The highest BCUT2D eigenvalue weighted by molar-refractivity contribution is 5.20. The summed E-state index contributed by atoms with van der Waals surface area (Å²) >= 11 is 0. The molecule has 0 atom stereocenters. The molecule has 0 saturated heterocycles. The Balaban J connectivity index is 2.34. The highest BCUT2D eigenvalue weighted by atomic mass is 16.7. The molecular weight excluding hydrogens is 164 g/mol. The first kappa shape index (κ1) is 10.0. The lowest BCUT2D eigenvalue weighted by molar-refractivity contribution is 0.0109. The third-order valence-electron chi connectivity index (χ3n) is 1.80. The third-order valence-corrected chi connectivity index (χ3v) is 1.80. The van der Waals surface area contributed by atoms with Gasteiger partial charge in [-0.2, -0.15) is 0 Å². The van der Waals surface area contributed by atoms with Crippen LogP contribution in [0.15, 0.2) is 30.3 Å². The van der Waals surface area contributed by atoms with Crippen LogP contribution in [0.1, 0.15) is 13.8 Å². The average Bonchev–Trinajstić information content (AvgIpc) is 2.21. The van der Waals surface area contributed by atoms with Gasteiger partial charge in [0.2, 0.25) is 0 Å². The minimum atomic E-state index is 0.828. The summed E-state index contributed by atoms with van der Waals surface area (Å²) in [6, 6.07) is 9.68. The van der Waals surface area contributed by atoms with Crippen LogP contribution in [-0.4, -0.2) is 18.1 Å². The molecule has 0 radical (unpaired) electrons. The SMILES string of the molecule is CCN(CC)NOc1ccccc1. The van der Waals surface area contributed by atoms with Crippen molar-refractivity contribution in [3.63, 3.8) is 0 Å². The molecule has 0 heterocycles. The normalized spacial score (nSPS) is 10.4. The zero-order valence-corrected chi connectivity index (χ0v) is 8.16. The van der Waals surface area contributed by atoms with Crippen LogP contribution >= 0.6 is 0 Å². The van der Waals surface area contributed by atoms with E-state index in [1.165, 1.54) is 0 Å². The molecule has 13 heavy (non-hydrogen) atoms. The van der Waals surface area contributed by atoms with Crippen LogP contribution in [0.4, 0.5) is 0 Å². The van der Waals surface area contributed by atoms with E-state index in [0.29, 0.717) is 0 Å². The smallest absolute Gasteiger partial charge is 0.149 e. The van der Waals surface area contributed by atoms with Gasteiger partial charge in [0.15, 0.2) is 0 Å². The van der Waals surface area contributed by atoms with E-state index >= 15 is 0 Å². The van der Waals surface area contributed by atoms with E-state index < -0.39 is 0 Å². The average molecular weight is 180 g/mol. The largest absolute Gasteiger partial charge is 0.394 e. The van der Waals surface area contributed by atoms with Gasteiger partial charge in [-0.05, 0) is 12.1 Å². The molecule has 1 aromatic carbocycles. The molecule has 0 amide bonds. The van der Waals surface area contributed by atoms with Crippen LogP contribution in [0.2, 0.25) is 0 Å². The number of hydrogen-bond donors (Lipinski definition) is 1. The Hall–Kier alpha value is -1.06. The topological polar surface area (TPSA) is 24.5 Å². The van der Waals surface area contributed by atoms with Crippen molar-refractivity contribution >= 4 is 0 Å². The summed E-state index contributed by atoms with van der Waals surface area (Å²) in [5, 5.41) is 1.98. The summed E-state index contributed by atoms with van der Waals surface area (Å²) in [5.41, 5.74) is 2.87. The predicted molar refractivity (Wildman–Crippen MR) is 53.1 cm³/mol. The minimum absolute atomic E-state index is 0.828. The van der Waals surface area contributed by atoms with Gasteiger partial charge in [-0.25, -0.2) is 5.01 Å². The lowest BCUT2D eigenvalue weighted by Crippen LogP contribution is -2.39. The van der Waals surface area contributed by atoms with Crippen LogP contribution in [-0.2, 0) is 0 Å².